The van der Waals surface area contributed by atoms with Crippen molar-refractivity contribution in [2.75, 3.05) is 14.2 Å². The van der Waals surface area contributed by atoms with E-state index >= 15 is 0 Å². The minimum atomic E-state index is -0.133. The zero-order valence-corrected chi connectivity index (χ0v) is 29.9. The first-order chi connectivity index (χ1) is 26.4. The van der Waals surface area contributed by atoms with Crippen molar-refractivity contribution in [1.82, 2.24) is 14.8 Å². The Bertz CT molecular complexity index is 2210. The van der Waals surface area contributed by atoms with Crippen molar-refractivity contribution in [2.45, 2.75) is 51.2 Å². The average Bonchev–Trinajstić information content (AvgIpc) is 3.42. The van der Waals surface area contributed by atoms with Crippen LogP contribution in [0.15, 0.2) is 101 Å². The molecule has 5 aromatic rings. The summed E-state index contributed by atoms with van der Waals surface area (Å²) in [5.41, 5.74) is 8.12. The molecule has 4 aromatic carbocycles. The largest absolute Gasteiger partial charge is 0.493 e. The van der Waals surface area contributed by atoms with Gasteiger partial charge in [0.05, 0.1) is 60.2 Å². The van der Waals surface area contributed by atoms with Crippen LogP contribution in [-0.4, -0.2) is 65.3 Å². The number of amides is 2. The maximum Gasteiger partial charge on any atom is 0.257 e. The van der Waals surface area contributed by atoms with E-state index in [2.05, 4.69) is 24.3 Å². The van der Waals surface area contributed by atoms with Crippen LogP contribution in [0.4, 0.5) is 11.4 Å². The van der Waals surface area contributed by atoms with E-state index in [0.29, 0.717) is 82.8 Å². The predicted octanol–water partition coefficient (Wildman–Crippen LogP) is 6.82. The van der Waals surface area contributed by atoms with Gasteiger partial charge in [0, 0.05) is 37.7 Å². The van der Waals surface area contributed by atoms with E-state index in [9.17, 15) is 9.59 Å². The summed E-state index contributed by atoms with van der Waals surface area (Å²) < 4.78 is 23.8. The molecule has 0 N–H and O–H groups in total. The molecular formula is C43H37N5O6. The van der Waals surface area contributed by atoms with Gasteiger partial charge in [-0.25, -0.2) is 0 Å². The van der Waals surface area contributed by atoms with Crippen LogP contribution < -0.4 is 18.9 Å². The number of benzene rings is 4. The molecule has 5 heterocycles. The van der Waals surface area contributed by atoms with Crippen LogP contribution in [0.2, 0.25) is 0 Å². The molecule has 0 saturated heterocycles. The Morgan fingerprint density at radius 2 is 1.02 bits per heavy atom. The van der Waals surface area contributed by atoms with Crippen LogP contribution in [0.5, 0.6) is 23.0 Å². The van der Waals surface area contributed by atoms with E-state index in [4.69, 9.17) is 33.9 Å². The Labute approximate surface area is 312 Å². The van der Waals surface area contributed by atoms with E-state index in [0.717, 1.165) is 11.1 Å². The average molecular weight is 720 g/mol. The van der Waals surface area contributed by atoms with Crippen molar-refractivity contribution >= 4 is 35.6 Å². The Morgan fingerprint density at radius 3 is 1.46 bits per heavy atom. The van der Waals surface area contributed by atoms with Gasteiger partial charge in [0.1, 0.15) is 13.2 Å². The lowest BCUT2D eigenvalue weighted by Crippen LogP contribution is -2.44. The fourth-order valence-corrected chi connectivity index (χ4v) is 7.64. The van der Waals surface area contributed by atoms with Gasteiger partial charge in [-0.2, -0.15) is 0 Å². The lowest BCUT2D eigenvalue weighted by Gasteiger charge is -2.34. The van der Waals surface area contributed by atoms with Crippen LogP contribution in [0.3, 0.4) is 0 Å². The second-order valence-corrected chi connectivity index (χ2v) is 13.7. The number of hydrogen-bond acceptors (Lipinski definition) is 9. The van der Waals surface area contributed by atoms with Crippen molar-refractivity contribution in [2.24, 2.45) is 9.98 Å². The van der Waals surface area contributed by atoms with Crippen LogP contribution in [0, 0.1) is 0 Å². The third-order valence-corrected chi connectivity index (χ3v) is 10.5. The van der Waals surface area contributed by atoms with E-state index in [1.165, 1.54) is 11.1 Å². The summed E-state index contributed by atoms with van der Waals surface area (Å²) in [5.74, 6) is 1.60. The number of pyridine rings is 1. The molecule has 270 valence electrons. The molecule has 11 heteroatoms. The Kier molecular flexibility index (Phi) is 8.53. The molecule has 0 unspecified atom stereocenters. The van der Waals surface area contributed by atoms with Crippen LogP contribution in [-0.2, 0) is 39.1 Å². The summed E-state index contributed by atoms with van der Waals surface area (Å²) in [5, 5.41) is 0. The zero-order chi connectivity index (χ0) is 36.8. The van der Waals surface area contributed by atoms with Crippen molar-refractivity contribution in [1.29, 1.82) is 0 Å². The normalized spacial score (nSPS) is 17.9. The van der Waals surface area contributed by atoms with E-state index in [1.54, 1.807) is 38.5 Å². The Morgan fingerprint density at radius 1 is 0.574 bits per heavy atom. The number of hydrogen-bond donors (Lipinski definition) is 0. The minimum absolute atomic E-state index is 0.0903. The van der Waals surface area contributed by atoms with E-state index < -0.39 is 0 Å². The lowest BCUT2D eigenvalue weighted by molar-refractivity contribution is 0.0696. The molecule has 0 aliphatic carbocycles. The smallest absolute Gasteiger partial charge is 0.257 e. The highest BCUT2D eigenvalue weighted by Gasteiger charge is 2.35. The molecule has 0 saturated carbocycles. The van der Waals surface area contributed by atoms with Gasteiger partial charge in [0.2, 0.25) is 0 Å². The first-order valence-corrected chi connectivity index (χ1v) is 17.9. The summed E-state index contributed by atoms with van der Waals surface area (Å²) in [6, 6.07) is 28.7. The summed E-state index contributed by atoms with van der Waals surface area (Å²) in [6.07, 6.45) is 5.14. The number of aliphatic imine (C=N–C) groups is 2. The number of methoxy groups -OCH3 is 2. The van der Waals surface area contributed by atoms with Crippen molar-refractivity contribution in [3.63, 3.8) is 0 Å². The van der Waals surface area contributed by atoms with Gasteiger partial charge in [-0.1, -0.05) is 54.6 Å². The van der Waals surface area contributed by atoms with Gasteiger partial charge >= 0.3 is 0 Å². The number of carbonyl (C=O) groups is 2. The summed E-state index contributed by atoms with van der Waals surface area (Å²) in [4.78, 5) is 45.5. The topological polar surface area (TPSA) is 115 Å². The third-order valence-electron chi connectivity index (χ3n) is 10.5. The molecule has 1 aromatic heterocycles. The van der Waals surface area contributed by atoms with Crippen LogP contribution >= 0.6 is 0 Å². The Balaban J connectivity index is 0.897. The van der Waals surface area contributed by atoms with Crippen molar-refractivity contribution < 1.29 is 28.5 Å². The quantitative estimate of drug-likeness (QED) is 0.173. The SMILES string of the molecule is COc1cc2c(cc1OCc1cccc(COc3cc4c(cc3OC)C(=O)N3Cc5ccccc5C[C@@H]3C=N4)n1)N=C[C@@H]1Cc3ccccc3CN1C2=O. The summed E-state index contributed by atoms with van der Waals surface area (Å²) >= 11 is 0. The fourth-order valence-electron chi connectivity index (χ4n) is 7.64. The molecule has 4 aliphatic rings. The summed E-state index contributed by atoms with van der Waals surface area (Å²) in [7, 11) is 3.11. The predicted molar refractivity (Wildman–Crippen MR) is 203 cm³/mol. The molecule has 54 heavy (non-hydrogen) atoms. The van der Waals surface area contributed by atoms with E-state index in [-0.39, 0.29) is 37.1 Å². The number of carbonyl (C=O) groups excluding carboxylic acids is 2. The first-order valence-electron chi connectivity index (χ1n) is 17.9. The molecule has 2 amide bonds. The lowest BCUT2D eigenvalue weighted by atomic mass is 9.94. The van der Waals surface area contributed by atoms with Crippen LogP contribution in [0.25, 0.3) is 0 Å². The number of fused-ring (bicyclic) bond motifs is 6. The Hall–Kier alpha value is -6.49. The van der Waals surface area contributed by atoms with Gasteiger partial charge in [0.15, 0.2) is 23.0 Å². The molecule has 4 aliphatic heterocycles. The third kappa shape index (κ3) is 6.11. The molecule has 0 radical (unpaired) electrons. The van der Waals surface area contributed by atoms with Gasteiger partial charge in [-0.3, -0.25) is 24.6 Å². The molecule has 2 atom stereocenters. The maximum absolute atomic E-state index is 13.8. The van der Waals surface area contributed by atoms with Crippen molar-refractivity contribution in [3.8, 4) is 23.0 Å². The molecule has 0 spiro atoms. The summed E-state index contributed by atoms with van der Waals surface area (Å²) in [6.45, 7) is 1.34. The monoisotopic (exact) mass is 719 g/mol. The second-order valence-electron chi connectivity index (χ2n) is 13.7. The standard InChI is InChI=1S/C43H37N5O6/c1-51-38-16-34-36(44-20-32-14-26-8-3-5-10-28(26)22-47(32)42(34)49)18-40(38)53-24-30-12-7-13-31(46-30)25-54-41-19-37-35(17-39(41)52-2)43(50)48-23-29-11-6-4-9-27(29)15-33(48)21-45-37/h3-13,16-21,32-33H,14-15,22-25H2,1-2H3/t32-,33+. The van der Waals surface area contributed by atoms with Gasteiger partial charge in [-0.15, -0.1) is 0 Å². The number of ether oxygens (including phenoxy) is 4. The molecular weight excluding hydrogens is 683 g/mol. The molecule has 0 fully saturated rings. The highest BCUT2D eigenvalue weighted by molar-refractivity contribution is 6.04. The highest BCUT2D eigenvalue weighted by atomic mass is 16.5. The molecule has 11 nitrogen and oxygen atoms in total. The minimum Gasteiger partial charge on any atom is -0.493 e. The van der Waals surface area contributed by atoms with Gasteiger partial charge < -0.3 is 28.7 Å². The van der Waals surface area contributed by atoms with Crippen molar-refractivity contribution in [3.05, 3.63) is 136 Å². The number of rotatable bonds is 8. The zero-order valence-electron chi connectivity index (χ0n) is 29.9. The fraction of sp³-hybridized carbons (Fsp3) is 0.233. The van der Waals surface area contributed by atoms with E-state index in [1.807, 2.05) is 64.7 Å². The van der Waals surface area contributed by atoms with Gasteiger partial charge in [0.25, 0.3) is 11.8 Å². The number of aromatic nitrogens is 1. The molecule has 0 bridgehead atoms. The highest BCUT2D eigenvalue weighted by Crippen LogP contribution is 2.40. The second kappa shape index (κ2) is 13.8. The first kappa shape index (κ1) is 33.4. The maximum atomic E-state index is 13.8. The molecule has 9 rings (SSSR count). The number of nitrogens with zero attached hydrogens (tertiary/aromatic N) is 5. The van der Waals surface area contributed by atoms with Crippen LogP contribution in [0.1, 0.15) is 54.4 Å². The van der Waals surface area contributed by atoms with Gasteiger partial charge in [-0.05, 0) is 59.4 Å².